The van der Waals surface area contributed by atoms with E-state index in [2.05, 4.69) is 9.80 Å². The lowest BCUT2D eigenvalue weighted by molar-refractivity contribution is -0.140. The summed E-state index contributed by atoms with van der Waals surface area (Å²) in [4.78, 5) is 15.3. The number of carboxylic acid groups (broad SMARTS) is 1. The van der Waals surface area contributed by atoms with Crippen molar-refractivity contribution in [2.75, 3.05) is 45.7 Å². The van der Waals surface area contributed by atoms with E-state index in [-0.39, 0.29) is 0 Å². The summed E-state index contributed by atoms with van der Waals surface area (Å²) in [6, 6.07) is 5.97. The Morgan fingerprint density at radius 3 is 2.52 bits per heavy atom. The summed E-state index contributed by atoms with van der Waals surface area (Å²) in [5.41, 5.74) is 2.08. The third-order valence-corrected chi connectivity index (χ3v) is 3.41. The van der Waals surface area contributed by atoms with Crippen LogP contribution in [0.25, 0.3) is 0 Å². The zero-order valence-electron chi connectivity index (χ0n) is 13.6. The third-order valence-electron chi connectivity index (χ3n) is 3.41. The maximum absolute atomic E-state index is 11.2. The smallest absolute Gasteiger partial charge is 0.308 e. The average Bonchev–Trinajstić information content (AvgIpc) is 2.42. The highest BCUT2D eigenvalue weighted by atomic mass is 16.5. The lowest BCUT2D eigenvalue weighted by Gasteiger charge is -2.29. The Bertz CT molecular complexity index is 475. The SMILES string of the molecule is COc1ccc(C)cc1N(CCN(C)C)CC(C)C(=O)O. The van der Waals surface area contributed by atoms with Gasteiger partial charge in [0.25, 0.3) is 0 Å². The number of benzene rings is 1. The molecular formula is C16H26N2O3. The van der Waals surface area contributed by atoms with Crippen molar-refractivity contribution in [3.05, 3.63) is 23.8 Å². The molecule has 0 saturated heterocycles. The first-order valence-electron chi connectivity index (χ1n) is 7.12. The van der Waals surface area contributed by atoms with E-state index < -0.39 is 11.9 Å². The third kappa shape index (κ3) is 5.27. The molecule has 0 spiro atoms. The van der Waals surface area contributed by atoms with Gasteiger partial charge in [0.05, 0.1) is 18.7 Å². The monoisotopic (exact) mass is 294 g/mol. The first kappa shape index (κ1) is 17.3. The second kappa shape index (κ2) is 7.88. The fourth-order valence-corrected chi connectivity index (χ4v) is 2.09. The predicted octanol–water partition coefficient (Wildman–Crippen LogP) is 2.09. The zero-order chi connectivity index (χ0) is 16.0. The summed E-state index contributed by atoms with van der Waals surface area (Å²) < 4.78 is 5.43. The summed E-state index contributed by atoms with van der Waals surface area (Å²) in [6.07, 6.45) is 0. The lowest BCUT2D eigenvalue weighted by atomic mass is 10.1. The molecular weight excluding hydrogens is 268 g/mol. The van der Waals surface area contributed by atoms with Crippen LogP contribution in [-0.2, 0) is 4.79 Å². The molecule has 0 heterocycles. The van der Waals surface area contributed by atoms with Gasteiger partial charge >= 0.3 is 5.97 Å². The highest BCUT2D eigenvalue weighted by Crippen LogP contribution is 2.29. The first-order chi connectivity index (χ1) is 9.85. The summed E-state index contributed by atoms with van der Waals surface area (Å²) in [5, 5.41) is 9.17. The standard InChI is InChI=1S/C16H26N2O3/c1-12-6-7-15(21-5)14(10-12)18(9-8-17(3)4)11-13(2)16(19)20/h6-7,10,13H,8-9,11H2,1-5H3,(H,19,20). The average molecular weight is 294 g/mol. The number of carbonyl (C=O) groups is 1. The van der Waals surface area contributed by atoms with Crippen LogP contribution in [0.4, 0.5) is 5.69 Å². The highest BCUT2D eigenvalue weighted by molar-refractivity contribution is 5.71. The molecule has 1 atom stereocenters. The van der Waals surface area contributed by atoms with Crippen molar-refractivity contribution in [3.8, 4) is 5.75 Å². The summed E-state index contributed by atoms with van der Waals surface area (Å²) >= 11 is 0. The van der Waals surface area contributed by atoms with Crippen LogP contribution in [0.5, 0.6) is 5.75 Å². The Kier molecular flexibility index (Phi) is 6.49. The maximum Gasteiger partial charge on any atom is 0.308 e. The molecule has 1 unspecified atom stereocenters. The molecule has 5 nitrogen and oxygen atoms in total. The summed E-state index contributed by atoms with van der Waals surface area (Å²) in [5.74, 6) is -0.439. The van der Waals surface area contributed by atoms with Gasteiger partial charge in [0, 0.05) is 19.6 Å². The number of rotatable bonds is 8. The van der Waals surface area contributed by atoms with Crippen LogP contribution in [0.3, 0.4) is 0 Å². The van der Waals surface area contributed by atoms with Gasteiger partial charge in [0.2, 0.25) is 0 Å². The van der Waals surface area contributed by atoms with E-state index in [1.807, 2.05) is 39.2 Å². The van der Waals surface area contributed by atoms with E-state index in [1.54, 1.807) is 14.0 Å². The van der Waals surface area contributed by atoms with Crippen LogP contribution in [0.2, 0.25) is 0 Å². The van der Waals surface area contributed by atoms with E-state index in [4.69, 9.17) is 9.84 Å². The Hall–Kier alpha value is -1.75. The van der Waals surface area contributed by atoms with Crippen molar-refractivity contribution in [1.82, 2.24) is 4.90 Å². The zero-order valence-corrected chi connectivity index (χ0v) is 13.6. The minimum Gasteiger partial charge on any atom is -0.495 e. The van der Waals surface area contributed by atoms with E-state index in [0.717, 1.165) is 30.1 Å². The molecule has 21 heavy (non-hydrogen) atoms. The number of hydrogen-bond acceptors (Lipinski definition) is 4. The van der Waals surface area contributed by atoms with Gasteiger partial charge in [-0.2, -0.15) is 0 Å². The van der Waals surface area contributed by atoms with Gasteiger partial charge in [-0.3, -0.25) is 4.79 Å². The van der Waals surface area contributed by atoms with Crippen LogP contribution in [-0.4, -0.2) is 56.8 Å². The van der Waals surface area contributed by atoms with Gasteiger partial charge < -0.3 is 19.6 Å². The number of aliphatic carboxylic acids is 1. The second-order valence-corrected chi connectivity index (χ2v) is 5.66. The molecule has 0 amide bonds. The molecule has 0 aromatic heterocycles. The normalized spacial score (nSPS) is 12.3. The summed E-state index contributed by atoms with van der Waals surface area (Å²) in [7, 11) is 5.65. The fraction of sp³-hybridized carbons (Fsp3) is 0.562. The Balaban J connectivity index is 3.04. The second-order valence-electron chi connectivity index (χ2n) is 5.66. The largest absolute Gasteiger partial charge is 0.495 e. The van der Waals surface area contributed by atoms with Gasteiger partial charge in [-0.05, 0) is 38.7 Å². The molecule has 0 fully saturated rings. The van der Waals surface area contributed by atoms with E-state index >= 15 is 0 Å². The molecule has 1 rings (SSSR count). The van der Waals surface area contributed by atoms with Gasteiger partial charge in [-0.1, -0.05) is 13.0 Å². The number of nitrogens with zero attached hydrogens (tertiary/aromatic N) is 2. The number of likely N-dealkylation sites (N-methyl/N-ethyl adjacent to an activating group) is 1. The number of anilines is 1. The summed E-state index contributed by atoms with van der Waals surface area (Å²) in [6.45, 7) is 5.82. The highest BCUT2D eigenvalue weighted by Gasteiger charge is 2.19. The van der Waals surface area contributed by atoms with Gasteiger partial charge in [-0.25, -0.2) is 0 Å². The van der Waals surface area contributed by atoms with E-state index in [1.165, 1.54) is 0 Å². The Morgan fingerprint density at radius 2 is 2.00 bits per heavy atom. The van der Waals surface area contributed by atoms with Crippen molar-refractivity contribution in [2.24, 2.45) is 5.92 Å². The molecule has 5 heteroatoms. The van der Waals surface area contributed by atoms with Crippen molar-refractivity contribution in [2.45, 2.75) is 13.8 Å². The number of ether oxygens (including phenoxy) is 1. The minimum absolute atomic E-state index is 0.433. The van der Waals surface area contributed by atoms with Crippen LogP contribution in [0, 0.1) is 12.8 Å². The van der Waals surface area contributed by atoms with Crippen LogP contribution in [0.1, 0.15) is 12.5 Å². The molecule has 0 aliphatic carbocycles. The van der Waals surface area contributed by atoms with Gasteiger partial charge in [0.15, 0.2) is 0 Å². The van der Waals surface area contributed by atoms with Gasteiger partial charge in [0.1, 0.15) is 5.75 Å². The van der Waals surface area contributed by atoms with Crippen molar-refractivity contribution >= 4 is 11.7 Å². The predicted molar refractivity (Wildman–Crippen MR) is 85.3 cm³/mol. The topological polar surface area (TPSA) is 53.0 Å². The van der Waals surface area contributed by atoms with Crippen molar-refractivity contribution in [1.29, 1.82) is 0 Å². The molecule has 0 saturated carbocycles. The maximum atomic E-state index is 11.2. The minimum atomic E-state index is -0.781. The van der Waals surface area contributed by atoms with Crippen molar-refractivity contribution < 1.29 is 14.6 Å². The molecule has 118 valence electrons. The van der Waals surface area contributed by atoms with E-state index in [9.17, 15) is 4.79 Å². The Morgan fingerprint density at radius 1 is 1.33 bits per heavy atom. The van der Waals surface area contributed by atoms with Crippen LogP contribution in [0.15, 0.2) is 18.2 Å². The lowest BCUT2D eigenvalue weighted by Crippen LogP contribution is -2.37. The quantitative estimate of drug-likeness (QED) is 0.795. The molecule has 1 N–H and O–H groups in total. The number of methoxy groups -OCH3 is 1. The molecule has 0 bridgehead atoms. The fourth-order valence-electron chi connectivity index (χ4n) is 2.09. The molecule has 0 aliphatic rings. The van der Waals surface area contributed by atoms with Gasteiger partial charge in [-0.15, -0.1) is 0 Å². The van der Waals surface area contributed by atoms with Crippen molar-refractivity contribution in [3.63, 3.8) is 0 Å². The number of carboxylic acids is 1. The number of hydrogen-bond donors (Lipinski definition) is 1. The molecule has 1 aromatic carbocycles. The molecule has 0 radical (unpaired) electrons. The van der Waals surface area contributed by atoms with Crippen LogP contribution >= 0.6 is 0 Å². The first-order valence-corrected chi connectivity index (χ1v) is 7.12. The van der Waals surface area contributed by atoms with Crippen LogP contribution < -0.4 is 9.64 Å². The number of aryl methyl sites for hydroxylation is 1. The molecule has 0 aliphatic heterocycles. The molecule has 1 aromatic rings. The Labute approximate surface area is 127 Å². The van der Waals surface area contributed by atoms with E-state index in [0.29, 0.717) is 6.54 Å².